The number of benzene rings is 1. The Kier molecular flexibility index (Phi) is 3.20. The van der Waals surface area contributed by atoms with Crippen LogP contribution in [0.3, 0.4) is 0 Å². The van der Waals surface area contributed by atoms with Crippen LogP contribution in [-0.4, -0.2) is 5.90 Å². The van der Waals surface area contributed by atoms with E-state index in [1.165, 1.54) is 18.2 Å². The minimum atomic E-state index is -0.300. The summed E-state index contributed by atoms with van der Waals surface area (Å²) < 4.78 is 17.6. The van der Waals surface area contributed by atoms with Crippen LogP contribution in [0.15, 0.2) is 36.9 Å². The fourth-order valence-electron chi connectivity index (χ4n) is 0.847. The molecular weight excluding hydrogens is 169 g/mol. The van der Waals surface area contributed by atoms with Gasteiger partial charge in [-0.25, -0.2) is 4.39 Å². The van der Waals surface area contributed by atoms with Crippen molar-refractivity contribution in [1.29, 1.82) is 5.41 Å². The molecule has 0 aromatic heterocycles. The second-order valence-electron chi connectivity index (χ2n) is 2.49. The molecule has 13 heavy (non-hydrogen) atoms. The summed E-state index contributed by atoms with van der Waals surface area (Å²) in [6, 6.07) is 6.07. The van der Waals surface area contributed by atoms with E-state index in [9.17, 15) is 4.39 Å². The summed E-state index contributed by atoms with van der Waals surface area (Å²) in [5, 5.41) is 7.11. The van der Waals surface area contributed by atoms with E-state index in [4.69, 9.17) is 10.1 Å². The summed E-state index contributed by atoms with van der Waals surface area (Å²) in [6.45, 7) is 3.56. The highest BCUT2D eigenvalue weighted by Crippen LogP contribution is 2.04. The molecule has 0 bridgehead atoms. The SMILES string of the molecule is C=CC(=N)OCc1cccc(F)c1. The van der Waals surface area contributed by atoms with Crippen molar-refractivity contribution in [3.63, 3.8) is 0 Å². The van der Waals surface area contributed by atoms with Crippen LogP contribution < -0.4 is 0 Å². The predicted molar refractivity (Wildman–Crippen MR) is 49.1 cm³/mol. The van der Waals surface area contributed by atoms with Gasteiger partial charge in [0.15, 0.2) is 0 Å². The topological polar surface area (TPSA) is 33.1 Å². The molecule has 0 amide bonds. The smallest absolute Gasteiger partial charge is 0.205 e. The molecule has 68 valence electrons. The summed E-state index contributed by atoms with van der Waals surface area (Å²) >= 11 is 0. The third kappa shape index (κ3) is 3.07. The van der Waals surface area contributed by atoms with Crippen LogP contribution in [0.5, 0.6) is 0 Å². The van der Waals surface area contributed by atoms with Gasteiger partial charge in [0.1, 0.15) is 12.4 Å². The number of halogens is 1. The van der Waals surface area contributed by atoms with E-state index in [0.29, 0.717) is 5.56 Å². The lowest BCUT2D eigenvalue weighted by molar-refractivity contribution is 0.292. The van der Waals surface area contributed by atoms with Gasteiger partial charge in [0.2, 0.25) is 5.90 Å². The van der Waals surface area contributed by atoms with Gasteiger partial charge < -0.3 is 4.74 Å². The molecule has 0 heterocycles. The van der Waals surface area contributed by atoms with Crippen molar-refractivity contribution in [2.45, 2.75) is 6.61 Å². The van der Waals surface area contributed by atoms with Crippen LogP contribution in [0.2, 0.25) is 0 Å². The van der Waals surface area contributed by atoms with Gasteiger partial charge in [-0.1, -0.05) is 18.7 Å². The molecule has 0 fully saturated rings. The van der Waals surface area contributed by atoms with Gasteiger partial charge in [0.25, 0.3) is 0 Å². The third-order valence-electron chi connectivity index (χ3n) is 1.47. The molecule has 0 saturated heterocycles. The molecule has 1 aromatic carbocycles. The summed E-state index contributed by atoms with van der Waals surface area (Å²) in [7, 11) is 0. The first-order valence-electron chi connectivity index (χ1n) is 3.80. The van der Waals surface area contributed by atoms with E-state index in [1.807, 2.05) is 0 Å². The van der Waals surface area contributed by atoms with Crippen molar-refractivity contribution < 1.29 is 9.13 Å². The standard InChI is InChI=1S/C10H10FNO/c1-2-10(12)13-7-8-4-3-5-9(11)6-8/h2-6,12H,1,7H2. The molecule has 1 rings (SSSR count). The molecule has 0 aliphatic heterocycles. The van der Waals surface area contributed by atoms with Gasteiger partial charge in [-0.15, -0.1) is 0 Å². The van der Waals surface area contributed by atoms with E-state index in [-0.39, 0.29) is 18.3 Å². The molecule has 0 saturated carbocycles. The normalized spacial score (nSPS) is 9.31. The predicted octanol–water partition coefficient (Wildman–Crippen LogP) is 2.51. The van der Waals surface area contributed by atoms with E-state index in [1.54, 1.807) is 12.1 Å². The van der Waals surface area contributed by atoms with Gasteiger partial charge >= 0.3 is 0 Å². The summed E-state index contributed by atoms with van der Waals surface area (Å²) in [5.41, 5.74) is 0.701. The fraction of sp³-hybridized carbons (Fsp3) is 0.100. The number of ether oxygens (including phenoxy) is 1. The summed E-state index contributed by atoms with van der Waals surface area (Å²) in [4.78, 5) is 0. The summed E-state index contributed by atoms with van der Waals surface area (Å²) in [6.07, 6.45) is 1.29. The Hall–Kier alpha value is -1.64. The van der Waals surface area contributed by atoms with E-state index in [0.717, 1.165) is 0 Å². The molecule has 0 atom stereocenters. The van der Waals surface area contributed by atoms with E-state index < -0.39 is 0 Å². The maximum atomic E-state index is 12.6. The van der Waals surface area contributed by atoms with Gasteiger partial charge in [0.05, 0.1) is 0 Å². The molecular formula is C10H10FNO. The second kappa shape index (κ2) is 4.40. The number of rotatable bonds is 3. The second-order valence-corrected chi connectivity index (χ2v) is 2.49. The van der Waals surface area contributed by atoms with Crippen LogP contribution in [0.4, 0.5) is 4.39 Å². The van der Waals surface area contributed by atoms with Crippen molar-refractivity contribution in [3.8, 4) is 0 Å². The molecule has 1 aromatic rings. The van der Waals surface area contributed by atoms with E-state index in [2.05, 4.69) is 6.58 Å². The minimum Gasteiger partial charge on any atom is -0.473 e. The van der Waals surface area contributed by atoms with Gasteiger partial charge in [0, 0.05) is 0 Å². The van der Waals surface area contributed by atoms with Crippen molar-refractivity contribution in [3.05, 3.63) is 48.3 Å². The molecule has 3 heteroatoms. The zero-order valence-corrected chi connectivity index (χ0v) is 7.09. The highest BCUT2D eigenvalue weighted by atomic mass is 19.1. The lowest BCUT2D eigenvalue weighted by Crippen LogP contribution is -1.99. The van der Waals surface area contributed by atoms with Crippen molar-refractivity contribution >= 4 is 5.90 Å². The maximum absolute atomic E-state index is 12.6. The molecule has 1 N–H and O–H groups in total. The monoisotopic (exact) mass is 179 g/mol. The van der Waals surface area contributed by atoms with Crippen molar-refractivity contribution in [2.24, 2.45) is 0 Å². The maximum Gasteiger partial charge on any atom is 0.205 e. The van der Waals surface area contributed by atoms with Crippen LogP contribution in [-0.2, 0) is 11.3 Å². The largest absolute Gasteiger partial charge is 0.473 e. The molecule has 0 aliphatic rings. The Morgan fingerprint density at radius 3 is 3.00 bits per heavy atom. The number of hydrogen-bond acceptors (Lipinski definition) is 2. The van der Waals surface area contributed by atoms with Gasteiger partial charge in [-0.3, -0.25) is 5.41 Å². The molecule has 0 aliphatic carbocycles. The quantitative estimate of drug-likeness (QED) is 0.561. The van der Waals surface area contributed by atoms with Crippen LogP contribution in [0.25, 0.3) is 0 Å². The Morgan fingerprint density at radius 1 is 1.62 bits per heavy atom. The number of hydrogen-bond donors (Lipinski definition) is 1. The molecule has 2 nitrogen and oxygen atoms in total. The zero-order chi connectivity index (χ0) is 9.68. The Balaban J connectivity index is 2.54. The lowest BCUT2D eigenvalue weighted by Gasteiger charge is -2.03. The lowest BCUT2D eigenvalue weighted by atomic mass is 10.2. The Morgan fingerprint density at radius 2 is 2.38 bits per heavy atom. The zero-order valence-electron chi connectivity index (χ0n) is 7.09. The molecule has 0 spiro atoms. The first kappa shape index (κ1) is 9.45. The summed E-state index contributed by atoms with van der Waals surface area (Å²) in [5.74, 6) is -0.310. The first-order valence-corrected chi connectivity index (χ1v) is 3.80. The Labute approximate surface area is 76.2 Å². The average Bonchev–Trinajstić information content (AvgIpc) is 2.14. The van der Waals surface area contributed by atoms with Crippen LogP contribution in [0.1, 0.15) is 5.56 Å². The fourth-order valence-corrected chi connectivity index (χ4v) is 0.847. The number of nitrogens with one attached hydrogen (secondary N) is 1. The third-order valence-corrected chi connectivity index (χ3v) is 1.47. The average molecular weight is 179 g/mol. The van der Waals surface area contributed by atoms with Gasteiger partial charge in [-0.2, -0.15) is 0 Å². The minimum absolute atomic E-state index is 0.00994. The first-order chi connectivity index (χ1) is 6.22. The highest BCUT2D eigenvalue weighted by molar-refractivity contribution is 5.83. The Bertz CT molecular complexity index is 322. The highest BCUT2D eigenvalue weighted by Gasteiger charge is 1.96. The van der Waals surface area contributed by atoms with Crippen molar-refractivity contribution in [1.82, 2.24) is 0 Å². The molecule has 0 radical (unpaired) electrons. The van der Waals surface area contributed by atoms with Crippen LogP contribution in [0, 0.1) is 11.2 Å². The van der Waals surface area contributed by atoms with E-state index >= 15 is 0 Å². The van der Waals surface area contributed by atoms with Gasteiger partial charge in [-0.05, 0) is 23.8 Å². The van der Waals surface area contributed by atoms with Crippen molar-refractivity contribution in [2.75, 3.05) is 0 Å². The van der Waals surface area contributed by atoms with Crippen LogP contribution >= 0.6 is 0 Å². The molecule has 0 unspecified atom stereocenters.